The van der Waals surface area contributed by atoms with E-state index in [9.17, 15) is 5.11 Å². The molecule has 12 heavy (non-hydrogen) atoms. The number of rotatable bonds is 6. The van der Waals surface area contributed by atoms with Crippen molar-refractivity contribution >= 4 is 0 Å². The van der Waals surface area contributed by atoms with Crippen LogP contribution in [0.3, 0.4) is 0 Å². The number of hydrogen-bond donors (Lipinski definition) is 1. The van der Waals surface area contributed by atoms with Gasteiger partial charge in [-0.05, 0) is 0 Å². The van der Waals surface area contributed by atoms with Crippen LogP contribution >= 0.6 is 0 Å². The van der Waals surface area contributed by atoms with Crippen LogP contribution in [0.25, 0.3) is 0 Å². The highest BCUT2D eigenvalue weighted by molar-refractivity contribution is 5.04. The molecule has 0 saturated carbocycles. The van der Waals surface area contributed by atoms with Crippen molar-refractivity contribution in [3.63, 3.8) is 0 Å². The zero-order valence-corrected chi connectivity index (χ0v) is 6.53. The molecule has 2 aliphatic heterocycles. The van der Waals surface area contributed by atoms with E-state index in [4.69, 9.17) is 14.2 Å². The molecular formula is C8H10O4. The molecule has 2 aliphatic rings. The summed E-state index contributed by atoms with van der Waals surface area (Å²) < 4.78 is 14.6. The third-order valence-electron chi connectivity index (χ3n) is 1.56. The predicted molar refractivity (Wildman–Crippen MR) is 39.8 cm³/mol. The molecule has 1 N–H and O–H groups in total. The van der Waals surface area contributed by atoms with Gasteiger partial charge in [0.15, 0.2) is 5.76 Å². The molecule has 0 amide bonds. The van der Waals surface area contributed by atoms with Gasteiger partial charge < -0.3 is 19.3 Å². The first-order valence-corrected chi connectivity index (χ1v) is 3.82. The largest absolute Gasteiger partial charge is 0.462 e. The van der Waals surface area contributed by atoms with Crippen LogP contribution in [0.1, 0.15) is 6.42 Å². The smallest absolute Gasteiger partial charge is 0.164 e. The summed E-state index contributed by atoms with van der Waals surface area (Å²) in [5, 5.41) is 9.29. The molecule has 0 fully saturated rings. The Bertz CT molecular complexity index is 231. The molecule has 1 atom stereocenters. The second-order valence-corrected chi connectivity index (χ2v) is 2.78. The van der Waals surface area contributed by atoms with Crippen molar-refractivity contribution in [1.29, 1.82) is 0 Å². The predicted octanol–water partition coefficient (Wildman–Crippen LogP) is 0.497. The molecule has 0 bridgehead atoms. The third-order valence-corrected chi connectivity index (χ3v) is 1.56. The molecule has 0 aliphatic carbocycles. The van der Waals surface area contributed by atoms with E-state index < -0.39 is 6.10 Å². The highest BCUT2D eigenvalue weighted by Gasteiger charge is 2.17. The van der Waals surface area contributed by atoms with Crippen LogP contribution in [0.15, 0.2) is 24.0 Å². The minimum atomic E-state index is -0.474. The molecule has 0 aromatic rings. The molecule has 0 saturated heterocycles. The third kappa shape index (κ3) is 2.56. The fraction of sp³-hybridized carbons (Fsp3) is 0.500. The molecule has 4 heteroatoms. The minimum Gasteiger partial charge on any atom is -0.462 e. The quantitative estimate of drug-likeness (QED) is 0.630. The van der Waals surface area contributed by atoms with Gasteiger partial charge in [0.05, 0.1) is 12.7 Å². The summed E-state index contributed by atoms with van der Waals surface area (Å²) >= 11 is 0. The standard InChI is InChI=1S/C8H10O4/c9-6(1-7-4-11-7)2-10-3-8-5-12-8/h4-6,9H,1-3H2. The molecule has 0 radical (unpaired) electrons. The minimum absolute atomic E-state index is 0.321. The van der Waals surface area contributed by atoms with Crippen LogP contribution in [0.2, 0.25) is 0 Å². The highest BCUT2D eigenvalue weighted by atomic mass is 16.6. The van der Waals surface area contributed by atoms with Crippen LogP contribution in [0, 0.1) is 0 Å². The molecule has 4 nitrogen and oxygen atoms in total. The summed E-state index contributed by atoms with van der Waals surface area (Å²) in [6, 6.07) is 0. The van der Waals surface area contributed by atoms with Gasteiger partial charge in [-0.25, -0.2) is 0 Å². The van der Waals surface area contributed by atoms with Crippen LogP contribution < -0.4 is 0 Å². The van der Waals surface area contributed by atoms with Crippen molar-refractivity contribution in [2.75, 3.05) is 13.2 Å². The van der Waals surface area contributed by atoms with E-state index in [0.29, 0.717) is 19.6 Å². The Hall–Kier alpha value is -1.00. The van der Waals surface area contributed by atoms with Crippen molar-refractivity contribution in [3.8, 4) is 0 Å². The second-order valence-electron chi connectivity index (χ2n) is 2.78. The van der Waals surface area contributed by atoms with Gasteiger partial charge in [0.25, 0.3) is 0 Å². The molecule has 0 aromatic carbocycles. The van der Waals surface area contributed by atoms with Gasteiger partial charge >= 0.3 is 0 Å². The first-order valence-electron chi connectivity index (χ1n) is 3.82. The lowest BCUT2D eigenvalue weighted by atomic mass is 10.2. The Balaban J connectivity index is 1.51. The average Bonchev–Trinajstić information content (AvgIpc) is 2.77. The van der Waals surface area contributed by atoms with E-state index in [1.54, 1.807) is 12.5 Å². The van der Waals surface area contributed by atoms with Crippen molar-refractivity contribution < 1.29 is 19.3 Å². The summed E-state index contributed by atoms with van der Waals surface area (Å²) in [7, 11) is 0. The maximum atomic E-state index is 9.29. The lowest BCUT2D eigenvalue weighted by molar-refractivity contribution is 0.0414. The number of hydrogen-bond acceptors (Lipinski definition) is 4. The van der Waals surface area contributed by atoms with Crippen molar-refractivity contribution in [2.24, 2.45) is 0 Å². The van der Waals surface area contributed by atoms with E-state index >= 15 is 0 Å². The van der Waals surface area contributed by atoms with Gasteiger partial charge in [-0.15, -0.1) is 0 Å². The van der Waals surface area contributed by atoms with Crippen molar-refractivity contribution in [1.82, 2.24) is 0 Å². The molecule has 0 aromatic heterocycles. The first-order chi connectivity index (χ1) is 5.84. The van der Waals surface area contributed by atoms with Gasteiger partial charge in [0.2, 0.25) is 0 Å². The van der Waals surface area contributed by atoms with Crippen LogP contribution in [-0.4, -0.2) is 24.4 Å². The SMILES string of the molecule is OC(COCC1=CO1)CC1=CO1. The van der Waals surface area contributed by atoms with Crippen LogP contribution in [0.5, 0.6) is 0 Å². The highest BCUT2D eigenvalue weighted by Crippen LogP contribution is 2.19. The fourth-order valence-electron chi connectivity index (χ4n) is 0.834. The Kier molecular flexibility index (Phi) is 2.01. The number of aliphatic hydroxyl groups is 1. The topological polar surface area (TPSA) is 54.5 Å². The normalized spacial score (nSPS) is 20.1. The summed E-state index contributed by atoms with van der Waals surface area (Å²) in [4.78, 5) is 0. The Morgan fingerprint density at radius 3 is 2.58 bits per heavy atom. The first kappa shape index (κ1) is 7.64. The fourth-order valence-corrected chi connectivity index (χ4v) is 0.834. The molecule has 2 rings (SSSR count). The van der Waals surface area contributed by atoms with Gasteiger partial charge in [-0.2, -0.15) is 0 Å². The zero-order valence-electron chi connectivity index (χ0n) is 6.53. The van der Waals surface area contributed by atoms with Gasteiger partial charge in [0.1, 0.15) is 24.9 Å². The summed E-state index contributed by atoms with van der Waals surface area (Å²) in [6.45, 7) is 0.776. The Morgan fingerprint density at radius 1 is 1.33 bits per heavy atom. The lowest BCUT2D eigenvalue weighted by Crippen LogP contribution is -2.15. The van der Waals surface area contributed by atoms with Gasteiger partial charge in [-0.3, -0.25) is 0 Å². The summed E-state index contributed by atoms with van der Waals surface area (Å²) in [5.41, 5.74) is 0. The average molecular weight is 170 g/mol. The van der Waals surface area contributed by atoms with E-state index in [1.165, 1.54) is 0 Å². The second kappa shape index (κ2) is 3.16. The zero-order chi connectivity index (χ0) is 8.39. The van der Waals surface area contributed by atoms with Crippen LogP contribution in [0.4, 0.5) is 0 Å². The lowest BCUT2D eigenvalue weighted by Gasteiger charge is -2.06. The molecular weight excluding hydrogens is 160 g/mol. The maximum Gasteiger partial charge on any atom is 0.164 e. The Labute approximate surface area is 70.0 Å². The van der Waals surface area contributed by atoms with Gasteiger partial charge in [-0.1, -0.05) is 0 Å². The number of ether oxygens (including phenoxy) is 3. The molecule has 1 unspecified atom stereocenters. The number of aliphatic hydroxyl groups excluding tert-OH is 1. The van der Waals surface area contributed by atoms with E-state index in [1.807, 2.05) is 0 Å². The molecule has 0 spiro atoms. The van der Waals surface area contributed by atoms with E-state index in [-0.39, 0.29) is 0 Å². The molecule has 66 valence electrons. The monoisotopic (exact) mass is 170 g/mol. The maximum absolute atomic E-state index is 9.29. The van der Waals surface area contributed by atoms with Crippen molar-refractivity contribution in [2.45, 2.75) is 12.5 Å². The van der Waals surface area contributed by atoms with Crippen LogP contribution in [-0.2, 0) is 14.2 Å². The van der Waals surface area contributed by atoms with Crippen molar-refractivity contribution in [3.05, 3.63) is 24.0 Å². The summed E-state index contributed by atoms with van der Waals surface area (Å²) in [6.07, 6.45) is 3.31. The summed E-state index contributed by atoms with van der Waals surface area (Å²) in [5.74, 6) is 1.68. The Morgan fingerprint density at radius 2 is 2.00 bits per heavy atom. The van der Waals surface area contributed by atoms with Gasteiger partial charge in [0, 0.05) is 6.42 Å². The van der Waals surface area contributed by atoms with E-state index in [2.05, 4.69) is 0 Å². The molecule has 2 heterocycles. The van der Waals surface area contributed by atoms with E-state index in [0.717, 1.165) is 11.5 Å².